The quantitative estimate of drug-likeness (QED) is 0.682. The largest absolute Gasteiger partial charge is 0.379 e. The zero-order valence-electron chi connectivity index (χ0n) is 16.3. The van der Waals surface area contributed by atoms with Crippen LogP contribution < -0.4 is 20.1 Å². The number of nitrogens with one attached hydrogen (secondary N) is 1. The zero-order chi connectivity index (χ0) is 20.6. The normalized spacial score (nSPS) is 16.5. The molecular formula is C20H24N4O3S2. The van der Waals surface area contributed by atoms with Gasteiger partial charge in [-0.15, -0.1) is 11.3 Å². The smallest absolute Gasteiger partial charge is 0.269 e. The molecular weight excluding hydrogens is 408 g/mol. The van der Waals surface area contributed by atoms with Gasteiger partial charge in [0.05, 0.1) is 17.7 Å². The Kier molecular flexibility index (Phi) is 7.77. The topological polar surface area (TPSA) is 87.4 Å². The van der Waals surface area contributed by atoms with Crippen LogP contribution in [0.15, 0.2) is 21.6 Å². The lowest BCUT2D eigenvalue weighted by atomic mass is 10.3. The number of morpholine rings is 1. The van der Waals surface area contributed by atoms with Gasteiger partial charge in [0.1, 0.15) is 10.7 Å². The summed E-state index contributed by atoms with van der Waals surface area (Å²) >= 11 is 2.75. The molecule has 2 aromatic rings. The first-order valence-electron chi connectivity index (χ1n) is 9.60. The molecule has 0 saturated carbocycles. The van der Waals surface area contributed by atoms with Gasteiger partial charge >= 0.3 is 0 Å². The Labute approximate surface area is 177 Å². The van der Waals surface area contributed by atoms with Gasteiger partial charge < -0.3 is 10.1 Å². The first-order valence-corrected chi connectivity index (χ1v) is 11.4. The molecule has 0 unspecified atom stereocenters. The molecule has 0 aromatic carbocycles. The third kappa shape index (κ3) is 5.42. The Bertz CT molecular complexity index is 1040. The number of nitriles is 1. The maximum Gasteiger partial charge on any atom is 0.269 e. The van der Waals surface area contributed by atoms with Gasteiger partial charge in [0.25, 0.3) is 11.5 Å². The molecule has 3 heterocycles. The number of ether oxygens (including phenoxy) is 1. The molecule has 3 rings (SSSR count). The van der Waals surface area contributed by atoms with Crippen molar-refractivity contribution in [3.8, 4) is 6.07 Å². The second-order valence-electron chi connectivity index (χ2n) is 6.63. The van der Waals surface area contributed by atoms with Gasteiger partial charge in [-0.2, -0.15) is 16.6 Å². The van der Waals surface area contributed by atoms with Gasteiger partial charge in [0.2, 0.25) is 0 Å². The molecule has 0 bridgehead atoms. The number of aromatic nitrogens is 1. The van der Waals surface area contributed by atoms with Gasteiger partial charge in [-0.05, 0) is 34.9 Å². The summed E-state index contributed by atoms with van der Waals surface area (Å²) in [6.45, 7) is 6.66. The number of carbonyl (C=O) groups excluding carboxylic acids is 1. The van der Waals surface area contributed by atoms with E-state index >= 15 is 0 Å². The summed E-state index contributed by atoms with van der Waals surface area (Å²) in [6, 6.07) is 3.95. The van der Waals surface area contributed by atoms with E-state index < -0.39 is 5.91 Å². The maximum absolute atomic E-state index is 12.8. The fraction of sp³-hybridized carbons (Fsp3) is 0.450. The van der Waals surface area contributed by atoms with Crippen LogP contribution in [0, 0.1) is 11.3 Å². The monoisotopic (exact) mass is 432 g/mol. The summed E-state index contributed by atoms with van der Waals surface area (Å²) in [6.07, 6.45) is 2.55. The van der Waals surface area contributed by atoms with Gasteiger partial charge in [-0.1, -0.05) is 6.92 Å². The number of rotatable bonds is 7. The highest BCUT2D eigenvalue weighted by molar-refractivity contribution is 7.08. The minimum Gasteiger partial charge on any atom is -0.379 e. The van der Waals surface area contributed by atoms with E-state index in [4.69, 9.17) is 4.74 Å². The number of amides is 1. The van der Waals surface area contributed by atoms with Gasteiger partial charge in [-0.25, -0.2) is 0 Å². The molecule has 1 fully saturated rings. The van der Waals surface area contributed by atoms with E-state index in [0.29, 0.717) is 42.0 Å². The first kappa shape index (κ1) is 21.5. The van der Waals surface area contributed by atoms with Crippen LogP contribution in [0.2, 0.25) is 0 Å². The SMILES string of the molecule is CCCn1c(=O)/c(=C\c2ccsc2)s/c1=C(/C#N)C(=O)NCCN1CCOCC1. The van der Waals surface area contributed by atoms with Crippen LogP contribution >= 0.6 is 22.7 Å². The molecule has 0 spiro atoms. The molecule has 1 amide bonds. The van der Waals surface area contributed by atoms with E-state index in [2.05, 4.69) is 10.2 Å². The third-order valence-electron chi connectivity index (χ3n) is 4.57. The molecule has 9 heteroatoms. The Hall–Kier alpha value is -2.25. The number of thiazole rings is 1. The Morgan fingerprint density at radius 1 is 1.38 bits per heavy atom. The van der Waals surface area contributed by atoms with Crippen LogP contribution in [0.25, 0.3) is 11.6 Å². The van der Waals surface area contributed by atoms with Crippen molar-refractivity contribution in [3.05, 3.63) is 41.9 Å². The van der Waals surface area contributed by atoms with Crippen molar-refractivity contribution in [2.75, 3.05) is 39.4 Å². The zero-order valence-corrected chi connectivity index (χ0v) is 18.0. The molecule has 1 aliphatic heterocycles. The van der Waals surface area contributed by atoms with E-state index in [-0.39, 0.29) is 11.1 Å². The van der Waals surface area contributed by atoms with E-state index in [9.17, 15) is 14.9 Å². The van der Waals surface area contributed by atoms with Crippen LogP contribution in [0.4, 0.5) is 0 Å². The van der Waals surface area contributed by atoms with Crippen molar-refractivity contribution in [2.24, 2.45) is 0 Å². The van der Waals surface area contributed by atoms with Crippen molar-refractivity contribution < 1.29 is 9.53 Å². The highest BCUT2D eigenvalue weighted by atomic mass is 32.1. The van der Waals surface area contributed by atoms with Gasteiger partial charge in [0.15, 0.2) is 5.57 Å². The van der Waals surface area contributed by atoms with E-state index in [0.717, 1.165) is 25.1 Å². The molecule has 2 aromatic heterocycles. The molecule has 0 radical (unpaired) electrons. The Balaban J connectivity index is 1.88. The first-order chi connectivity index (χ1) is 14.1. The van der Waals surface area contributed by atoms with E-state index in [1.807, 2.05) is 35.9 Å². The predicted molar refractivity (Wildman–Crippen MR) is 115 cm³/mol. The molecule has 1 saturated heterocycles. The number of hydrogen-bond donors (Lipinski definition) is 1. The lowest BCUT2D eigenvalue weighted by Gasteiger charge is -2.26. The highest BCUT2D eigenvalue weighted by Crippen LogP contribution is 2.06. The van der Waals surface area contributed by atoms with Gasteiger partial charge in [0, 0.05) is 32.7 Å². The molecule has 1 aliphatic rings. The standard InChI is InChI=1S/C20H24N4O3S2/c1-2-5-24-19(26)17(12-15-3-11-28-14-15)29-20(24)16(13-21)18(25)22-4-6-23-7-9-27-10-8-23/h3,11-12,14H,2,4-10H2,1H3,(H,22,25)/b17-12+,20-16-. The number of carbonyl (C=O) groups is 1. The molecule has 0 aliphatic carbocycles. The minimum atomic E-state index is -0.436. The summed E-state index contributed by atoms with van der Waals surface area (Å²) in [5, 5.41) is 16.4. The average molecular weight is 433 g/mol. The fourth-order valence-electron chi connectivity index (χ4n) is 3.08. The van der Waals surface area contributed by atoms with E-state index in [1.54, 1.807) is 15.9 Å². The van der Waals surface area contributed by atoms with Crippen LogP contribution in [-0.2, 0) is 16.1 Å². The summed E-state index contributed by atoms with van der Waals surface area (Å²) in [5.74, 6) is -0.436. The molecule has 154 valence electrons. The Morgan fingerprint density at radius 3 is 2.83 bits per heavy atom. The lowest BCUT2D eigenvalue weighted by Crippen LogP contribution is -2.42. The van der Waals surface area contributed by atoms with Crippen molar-refractivity contribution in [1.29, 1.82) is 5.26 Å². The van der Waals surface area contributed by atoms with Crippen molar-refractivity contribution in [2.45, 2.75) is 19.9 Å². The van der Waals surface area contributed by atoms with Gasteiger partial charge in [-0.3, -0.25) is 19.1 Å². The minimum absolute atomic E-state index is 0.00695. The maximum atomic E-state index is 12.8. The van der Waals surface area contributed by atoms with Crippen LogP contribution in [0.3, 0.4) is 0 Å². The van der Waals surface area contributed by atoms with Crippen molar-refractivity contribution in [3.63, 3.8) is 0 Å². The number of hydrogen-bond acceptors (Lipinski definition) is 7. The second-order valence-corrected chi connectivity index (χ2v) is 8.44. The average Bonchev–Trinajstić information content (AvgIpc) is 3.34. The highest BCUT2D eigenvalue weighted by Gasteiger charge is 2.16. The summed E-state index contributed by atoms with van der Waals surface area (Å²) in [5.41, 5.74) is 0.774. The number of thiophene rings is 1. The summed E-state index contributed by atoms with van der Waals surface area (Å²) in [4.78, 5) is 27.7. The summed E-state index contributed by atoms with van der Waals surface area (Å²) < 4.78 is 7.81. The fourth-order valence-corrected chi connectivity index (χ4v) is 4.82. The summed E-state index contributed by atoms with van der Waals surface area (Å²) in [7, 11) is 0. The van der Waals surface area contributed by atoms with Crippen LogP contribution in [0.5, 0.6) is 0 Å². The number of nitrogens with zero attached hydrogens (tertiary/aromatic N) is 3. The van der Waals surface area contributed by atoms with Crippen LogP contribution in [0.1, 0.15) is 18.9 Å². The van der Waals surface area contributed by atoms with Crippen LogP contribution in [-0.4, -0.2) is 54.8 Å². The van der Waals surface area contributed by atoms with Crippen molar-refractivity contribution >= 4 is 40.2 Å². The molecule has 7 nitrogen and oxygen atoms in total. The Morgan fingerprint density at radius 2 is 2.17 bits per heavy atom. The second kappa shape index (κ2) is 10.5. The van der Waals surface area contributed by atoms with Crippen molar-refractivity contribution in [1.82, 2.24) is 14.8 Å². The third-order valence-corrected chi connectivity index (χ3v) is 6.40. The molecule has 0 atom stereocenters. The molecule has 29 heavy (non-hydrogen) atoms. The predicted octanol–water partition coefficient (Wildman–Crippen LogP) is 0.333. The van der Waals surface area contributed by atoms with E-state index in [1.165, 1.54) is 11.3 Å². The molecule has 1 N–H and O–H groups in total. The lowest BCUT2D eigenvalue weighted by molar-refractivity contribution is -0.115.